The van der Waals surface area contributed by atoms with E-state index < -0.39 is 54.2 Å². The lowest BCUT2D eigenvalue weighted by Gasteiger charge is -2.41. The fourth-order valence-electron chi connectivity index (χ4n) is 3.93. The molecule has 0 spiro atoms. The Morgan fingerprint density at radius 2 is 1.74 bits per heavy atom. The molecule has 5 atom stereocenters. The van der Waals surface area contributed by atoms with Crippen LogP contribution in [0.5, 0.6) is 28.7 Å². The van der Waals surface area contributed by atoms with Crippen molar-refractivity contribution in [1.29, 1.82) is 0 Å². The fraction of sp³-hybridized carbons (Fsp3) is 0.348. The molecular formula is C23H24O12. The first-order chi connectivity index (χ1) is 16.7. The molecule has 0 unspecified atom stereocenters. The van der Waals surface area contributed by atoms with Gasteiger partial charge in [-0.1, -0.05) is 0 Å². The Hall–Kier alpha value is -3.55. The topological polar surface area (TPSA) is 189 Å². The molecule has 35 heavy (non-hydrogen) atoms. The molecule has 1 saturated heterocycles. The van der Waals surface area contributed by atoms with E-state index in [1.807, 2.05) is 0 Å². The summed E-state index contributed by atoms with van der Waals surface area (Å²) in [4.78, 5) is 12.8. The monoisotopic (exact) mass is 492 g/mol. The zero-order chi connectivity index (χ0) is 25.4. The van der Waals surface area contributed by atoms with E-state index in [1.165, 1.54) is 38.5 Å². The summed E-state index contributed by atoms with van der Waals surface area (Å²) in [6, 6.07) is 6.13. The number of fused-ring (bicyclic) bond motifs is 1. The molecule has 2 aromatic carbocycles. The minimum absolute atomic E-state index is 0.0148. The van der Waals surface area contributed by atoms with Gasteiger partial charge in [0.05, 0.1) is 13.7 Å². The average molecular weight is 492 g/mol. The molecule has 188 valence electrons. The standard InChI is InChI=1S/C23H24O12/c1-31-21-15(34-23-20(30)19(29)22(32-2)16(8-24)35-23)7-14-17(18(21)28)12(27)6-13(33-14)9-3-4-10(25)11(26)5-9/h3-7,16,19-20,22-26,28-30H,8H2,1-2H3/t16-,19-,20-,22-,23-/m1/s1. The molecule has 0 saturated carbocycles. The highest BCUT2D eigenvalue weighted by molar-refractivity contribution is 5.89. The normalized spacial score (nSPS) is 24.4. The minimum Gasteiger partial charge on any atom is -0.504 e. The lowest BCUT2D eigenvalue weighted by Crippen LogP contribution is -2.60. The highest BCUT2D eigenvalue weighted by atomic mass is 16.7. The molecule has 12 nitrogen and oxygen atoms in total. The minimum atomic E-state index is -1.61. The van der Waals surface area contributed by atoms with Crippen molar-refractivity contribution in [3.63, 3.8) is 0 Å². The Morgan fingerprint density at radius 3 is 2.37 bits per heavy atom. The Morgan fingerprint density at radius 1 is 1.00 bits per heavy atom. The van der Waals surface area contributed by atoms with Crippen molar-refractivity contribution >= 4 is 11.0 Å². The van der Waals surface area contributed by atoms with E-state index in [2.05, 4.69) is 0 Å². The number of aliphatic hydroxyl groups excluding tert-OH is 3. The van der Waals surface area contributed by atoms with Crippen LogP contribution in [0.2, 0.25) is 0 Å². The van der Waals surface area contributed by atoms with Gasteiger partial charge in [-0.05, 0) is 18.2 Å². The number of phenolic OH excluding ortho intramolecular Hbond substituents is 3. The first-order valence-electron chi connectivity index (χ1n) is 10.4. The van der Waals surface area contributed by atoms with E-state index in [9.17, 15) is 35.4 Å². The number of aliphatic hydroxyl groups is 3. The predicted molar refractivity (Wildman–Crippen MR) is 119 cm³/mol. The van der Waals surface area contributed by atoms with Crippen molar-refractivity contribution in [3.8, 4) is 40.1 Å². The van der Waals surface area contributed by atoms with Gasteiger partial charge >= 0.3 is 0 Å². The Balaban J connectivity index is 1.79. The van der Waals surface area contributed by atoms with Crippen LogP contribution in [0.25, 0.3) is 22.3 Å². The first-order valence-corrected chi connectivity index (χ1v) is 10.4. The van der Waals surface area contributed by atoms with Crippen molar-refractivity contribution in [2.24, 2.45) is 0 Å². The van der Waals surface area contributed by atoms with Crippen LogP contribution in [0, 0.1) is 0 Å². The number of rotatable bonds is 6. The van der Waals surface area contributed by atoms with Gasteiger partial charge in [0.2, 0.25) is 12.0 Å². The van der Waals surface area contributed by atoms with Crippen LogP contribution < -0.4 is 14.9 Å². The quantitative estimate of drug-likeness (QED) is 0.261. The van der Waals surface area contributed by atoms with Crippen LogP contribution in [0.3, 0.4) is 0 Å². The third-order valence-corrected chi connectivity index (χ3v) is 5.71. The number of phenols is 3. The second kappa shape index (κ2) is 9.60. The van der Waals surface area contributed by atoms with Gasteiger partial charge in [-0.15, -0.1) is 0 Å². The Bertz CT molecular complexity index is 1280. The molecule has 4 rings (SSSR count). The maximum Gasteiger partial charge on any atom is 0.229 e. The van der Waals surface area contributed by atoms with E-state index in [0.717, 1.165) is 6.07 Å². The molecule has 0 bridgehead atoms. The van der Waals surface area contributed by atoms with Gasteiger partial charge < -0.3 is 54.0 Å². The molecule has 2 heterocycles. The lowest BCUT2D eigenvalue weighted by molar-refractivity contribution is -0.282. The van der Waals surface area contributed by atoms with Gasteiger partial charge in [0, 0.05) is 24.8 Å². The van der Waals surface area contributed by atoms with Crippen molar-refractivity contribution in [3.05, 3.63) is 40.6 Å². The summed E-state index contributed by atoms with van der Waals surface area (Å²) in [5.41, 5.74) is -0.501. The van der Waals surface area contributed by atoms with E-state index in [-0.39, 0.29) is 39.5 Å². The predicted octanol–water partition coefficient (Wildman–Crippen LogP) is 0.418. The third kappa shape index (κ3) is 4.33. The average Bonchev–Trinajstić information content (AvgIpc) is 2.83. The number of hydrogen-bond donors (Lipinski definition) is 6. The van der Waals surface area contributed by atoms with Gasteiger partial charge in [0.1, 0.15) is 41.1 Å². The molecule has 0 amide bonds. The van der Waals surface area contributed by atoms with Crippen molar-refractivity contribution in [2.75, 3.05) is 20.8 Å². The highest BCUT2D eigenvalue weighted by Crippen LogP contribution is 2.43. The second-order valence-electron chi connectivity index (χ2n) is 7.83. The molecular weight excluding hydrogens is 468 g/mol. The molecule has 1 fully saturated rings. The molecule has 6 N–H and O–H groups in total. The summed E-state index contributed by atoms with van der Waals surface area (Å²) >= 11 is 0. The summed E-state index contributed by atoms with van der Waals surface area (Å²) in [6.45, 7) is -0.542. The first kappa shape index (κ1) is 24.6. The molecule has 1 aliphatic heterocycles. The van der Waals surface area contributed by atoms with Crippen molar-refractivity contribution < 1.29 is 54.0 Å². The molecule has 1 aromatic heterocycles. The summed E-state index contributed by atoms with van der Waals surface area (Å²) in [7, 11) is 2.50. The zero-order valence-corrected chi connectivity index (χ0v) is 18.6. The van der Waals surface area contributed by atoms with Crippen LogP contribution in [0.4, 0.5) is 0 Å². The number of ether oxygens (including phenoxy) is 4. The van der Waals surface area contributed by atoms with Gasteiger partial charge in [-0.25, -0.2) is 0 Å². The molecule has 1 aliphatic rings. The highest BCUT2D eigenvalue weighted by Gasteiger charge is 2.46. The van der Waals surface area contributed by atoms with Gasteiger partial charge in [-0.3, -0.25) is 4.79 Å². The van der Waals surface area contributed by atoms with Gasteiger partial charge in [-0.2, -0.15) is 0 Å². The summed E-state index contributed by atoms with van der Waals surface area (Å²) in [6.07, 6.45) is -6.64. The van der Waals surface area contributed by atoms with E-state index in [4.69, 9.17) is 23.4 Å². The van der Waals surface area contributed by atoms with Crippen molar-refractivity contribution in [2.45, 2.75) is 30.7 Å². The number of aromatic hydroxyl groups is 3. The number of benzene rings is 2. The maximum absolute atomic E-state index is 12.8. The lowest BCUT2D eigenvalue weighted by atomic mass is 9.99. The number of methoxy groups -OCH3 is 2. The summed E-state index contributed by atoms with van der Waals surface area (Å²) in [5.74, 6) is -1.84. The largest absolute Gasteiger partial charge is 0.504 e. The van der Waals surface area contributed by atoms with E-state index >= 15 is 0 Å². The maximum atomic E-state index is 12.8. The van der Waals surface area contributed by atoms with Gasteiger partial charge in [0.25, 0.3) is 0 Å². The SMILES string of the molecule is COc1c(O[C@@H]2O[C@H](CO)[C@@H](OC)[C@H](O)[C@H]2O)cc2oc(-c3ccc(O)c(O)c3)cc(=O)c2c1O. The third-order valence-electron chi connectivity index (χ3n) is 5.71. The van der Waals surface area contributed by atoms with E-state index in [1.54, 1.807) is 0 Å². The van der Waals surface area contributed by atoms with Crippen LogP contribution in [0.15, 0.2) is 39.5 Å². The smallest absolute Gasteiger partial charge is 0.229 e. The van der Waals surface area contributed by atoms with Crippen LogP contribution >= 0.6 is 0 Å². The van der Waals surface area contributed by atoms with E-state index in [0.29, 0.717) is 0 Å². The molecule has 12 heteroatoms. The summed E-state index contributed by atoms with van der Waals surface area (Å²) < 4.78 is 27.2. The molecule has 0 aliphatic carbocycles. The molecule has 3 aromatic rings. The Kier molecular flexibility index (Phi) is 6.74. The second-order valence-corrected chi connectivity index (χ2v) is 7.83. The van der Waals surface area contributed by atoms with Crippen LogP contribution in [-0.2, 0) is 9.47 Å². The fourth-order valence-corrected chi connectivity index (χ4v) is 3.93. The summed E-state index contributed by atoms with van der Waals surface area (Å²) in [5, 5.41) is 60.2. The molecule has 0 radical (unpaired) electrons. The van der Waals surface area contributed by atoms with Crippen LogP contribution in [0.1, 0.15) is 0 Å². The van der Waals surface area contributed by atoms with Gasteiger partial charge in [0.15, 0.2) is 28.4 Å². The zero-order valence-electron chi connectivity index (χ0n) is 18.6. The Labute approximate surface area is 197 Å². The van der Waals surface area contributed by atoms with Crippen LogP contribution in [-0.4, -0.2) is 82.2 Å². The van der Waals surface area contributed by atoms with Crippen molar-refractivity contribution in [1.82, 2.24) is 0 Å². The number of hydrogen-bond acceptors (Lipinski definition) is 12.